The second-order valence-corrected chi connectivity index (χ2v) is 7.44. The van der Waals surface area contributed by atoms with Gasteiger partial charge in [0, 0.05) is 57.2 Å². The summed E-state index contributed by atoms with van der Waals surface area (Å²) in [5.41, 5.74) is 0. The summed E-state index contributed by atoms with van der Waals surface area (Å²) in [7, 11) is 0.320. The van der Waals surface area contributed by atoms with Crippen LogP contribution in [0.4, 0.5) is 5.82 Å². The minimum absolute atomic E-state index is 0.359. The number of nitrogens with zero attached hydrogens (tertiary/aromatic N) is 3. The van der Waals surface area contributed by atoms with Crippen LogP contribution in [0.2, 0.25) is 0 Å². The molecular weight excluding hydrogens is 300 g/mol. The summed E-state index contributed by atoms with van der Waals surface area (Å²) in [6.07, 6.45) is 1.66. The molecule has 6 nitrogen and oxygen atoms in total. The smallest absolute Gasteiger partial charge is 0.243 e. The number of pyridine rings is 1. The van der Waals surface area contributed by atoms with E-state index in [4.69, 9.17) is 0 Å². The maximum Gasteiger partial charge on any atom is 0.243 e. The number of hydrogen-bond acceptors (Lipinski definition) is 5. The molecule has 1 aliphatic rings. The van der Waals surface area contributed by atoms with Crippen molar-refractivity contribution in [2.45, 2.75) is 4.90 Å². The average molecular weight is 320 g/mol. The SMILES string of the molecule is CN(C)c1nccc2c(S(=O)(=O)N3CCNCC3)cccc12. The Balaban J connectivity index is 2.17. The lowest BCUT2D eigenvalue weighted by molar-refractivity contribution is 0.360. The zero-order chi connectivity index (χ0) is 15.7. The van der Waals surface area contributed by atoms with E-state index in [0.29, 0.717) is 31.1 Å². The second-order valence-electron chi connectivity index (χ2n) is 5.53. The predicted molar refractivity (Wildman–Crippen MR) is 87.7 cm³/mol. The standard InChI is InChI=1S/C15H20N4O2S/c1-18(2)15-13-4-3-5-14(12(13)6-7-17-15)22(20,21)19-10-8-16-9-11-19/h3-7,16H,8-11H2,1-2H3. The van der Waals surface area contributed by atoms with Crippen LogP contribution < -0.4 is 10.2 Å². The zero-order valence-electron chi connectivity index (χ0n) is 12.8. The molecule has 22 heavy (non-hydrogen) atoms. The molecule has 0 unspecified atom stereocenters. The van der Waals surface area contributed by atoms with Gasteiger partial charge < -0.3 is 10.2 Å². The van der Waals surface area contributed by atoms with E-state index in [-0.39, 0.29) is 0 Å². The fourth-order valence-corrected chi connectivity index (χ4v) is 4.42. The van der Waals surface area contributed by atoms with Crippen LogP contribution in [0.25, 0.3) is 10.8 Å². The third-order valence-electron chi connectivity index (χ3n) is 3.86. The topological polar surface area (TPSA) is 65.5 Å². The molecule has 0 atom stereocenters. The summed E-state index contributed by atoms with van der Waals surface area (Å²) in [6, 6.07) is 7.15. The molecule has 118 valence electrons. The monoisotopic (exact) mass is 320 g/mol. The van der Waals surface area contributed by atoms with E-state index in [9.17, 15) is 8.42 Å². The molecule has 1 saturated heterocycles. The Kier molecular flexibility index (Phi) is 4.03. The lowest BCUT2D eigenvalue weighted by Gasteiger charge is -2.27. The molecule has 0 bridgehead atoms. The maximum absolute atomic E-state index is 12.9. The molecule has 1 aromatic carbocycles. The maximum atomic E-state index is 12.9. The minimum Gasteiger partial charge on any atom is -0.362 e. The van der Waals surface area contributed by atoms with Crippen LogP contribution in [0.1, 0.15) is 0 Å². The van der Waals surface area contributed by atoms with E-state index < -0.39 is 10.0 Å². The molecule has 2 aromatic rings. The molecule has 0 spiro atoms. The van der Waals surface area contributed by atoms with E-state index in [0.717, 1.165) is 16.6 Å². The van der Waals surface area contributed by atoms with Gasteiger partial charge in [0.15, 0.2) is 0 Å². The molecule has 1 aliphatic heterocycles. The quantitative estimate of drug-likeness (QED) is 0.910. The van der Waals surface area contributed by atoms with E-state index in [1.807, 2.05) is 25.1 Å². The number of piperazine rings is 1. The molecule has 0 amide bonds. The van der Waals surface area contributed by atoms with Crippen LogP contribution in [0.15, 0.2) is 35.4 Å². The van der Waals surface area contributed by atoms with Gasteiger partial charge in [-0.15, -0.1) is 0 Å². The summed E-state index contributed by atoms with van der Waals surface area (Å²) in [5, 5.41) is 4.75. The molecule has 3 rings (SSSR count). The molecule has 2 heterocycles. The van der Waals surface area contributed by atoms with E-state index in [1.54, 1.807) is 28.7 Å². The summed E-state index contributed by atoms with van der Waals surface area (Å²) < 4.78 is 27.4. The van der Waals surface area contributed by atoms with E-state index >= 15 is 0 Å². The summed E-state index contributed by atoms with van der Waals surface area (Å²) in [4.78, 5) is 6.60. The van der Waals surface area contributed by atoms with Crippen LogP contribution in [0.5, 0.6) is 0 Å². The molecule has 1 N–H and O–H groups in total. The number of nitrogens with one attached hydrogen (secondary N) is 1. The van der Waals surface area contributed by atoms with Gasteiger partial charge in [0.2, 0.25) is 10.0 Å². The lowest BCUT2D eigenvalue weighted by atomic mass is 10.1. The van der Waals surface area contributed by atoms with Crippen molar-refractivity contribution in [3.63, 3.8) is 0 Å². The van der Waals surface area contributed by atoms with Gasteiger partial charge in [0.05, 0.1) is 4.90 Å². The summed E-state index contributed by atoms with van der Waals surface area (Å²) >= 11 is 0. The third-order valence-corrected chi connectivity index (χ3v) is 5.82. The number of fused-ring (bicyclic) bond motifs is 1. The average Bonchev–Trinajstić information content (AvgIpc) is 2.54. The van der Waals surface area contributed by atoms with Crippen LogP contribution >= 0.6 is 0 Å². The zero-order valence-corrected chi connectivity index (χ0v) is 13.6. The van der Waals surface area contributed by atoms with Gasteiger partial charge >= 0.3 is 0 Å². The minimum atomic E-state index is -3.48. The van der Waals surface area contributed by atoms with Crippen molar-refractivity contribution in [1.29, 1.82) is 0 Å². The molecule has 0 radical (unpaired) electrons. The molecule has 0 aliphatic carbocycles. The Morgan fingerprint density at radius 1 is 1.14 bits per heavy atom. The van der Waals surface area contributed by atoms with Crippen LogP contribution in [-0.2, 0) is 10.0 Å². The van der Waals surface area contributed by atoms with E-state index in [2.05, 4.69) is 10.3 Å². The number of benzene rings is 1. The van der Waals surface area contributed by atoms with Crippen molar-refractivity contribution in [3.05, 3.63) is 30.5 Å². The number of sulfonamides is 1. The predicted octanol–water partition coefficient (Wildman–Crippen LogP) is 0.895. The van der Waals surface area contributed by atoms with E-state index in [1.165, 1.54) is 0 Å². The first-order chi connectivity index (χ1) is 10.5. The molecule has 1 aromatic heterocycles. The highest BCUT2D eigenvalue weighted by Gasteiger charge is 2.27. The second kappa shape index (κ2) is 5.83. The third kappa shape index (κ3) is 2.55. The van der Waals surface area contributed by atoms with Gasteiger partial charge in [-0.3, -0.25) is 0 Å². The highest BCUT2D eigenvalue weighted by atomic mass is 32.2. The van der Waals surface area contributed by atoms with Crippen molar-refractivity contribution in [3.8, 4) is 0 Å². The Labute approximate surface area is 130 Å². The van der Waals surface area contributed by atoms with Gasteiger partial charge in [-0.2, -0.15) is 4.31 Å². The van der Waals surface area contributed by atoms with Crippen molar-refractivity contribution in [2.24, 2.45) is 0 Å². The van der Waals surface area contributed by atoms with Gasteiger partial charge in [-0.1, -0.05) is 12.1 Å². The number of rotatable bonds is 3. The fourth-order valence-electron chi connectivity index (χ4n) is 2.77. The first-order valence-electron chi connectivity index (χ1n) is 7.28. The number of hydrogen-bond donors (Lipinski definition) is 1. The normalized spacial score (nSPS) is 16.8. The molecule has 7 heteroatoms. The van der Waals surface area contributed by atoms with Crippen LogP contribution in [0.3, 0.4) is 0 Å². The summed E-state index contributed by atoms with van der Waals surface area (Å²) in [5.74, 6) is 0.773. The highest BCUT2D eigenvalue weighted by Crippen LogP contribution is 2.30. The van der Waals surface area contributed by atoms with Crippen LogP contribution in [-0.4, -0.2) is 58.0 Å². The van der Waals surface area contributed by atoms with Crippen molar-refractivity contribution >= 4 is 26.6 Å². The number of anilines is 1. The lowest BCUT2D eigenvalue weighted by Crippen LogP contribution is -2.46. The van der Waals surface area contributed by atoms with Gasteiger partial charge in [0.25, 0.3) is 0 Å². The van der Waals surface area contributed by atoms with Gasteiger partial charge in [-0.25, -0.2) is 13.4 Å². The molecule has 0 saturated carbocycles. The van der Waals surface area contributed by atoms with Crippen LogP contribution in [0, 0.1) is 0 Å². The number of aromatic nitrogens is 1. The Hall–Kier alpha value is -1.70. The highest BCUT2D eigenvalue weighted by molar-refractivity contribution is 7.89. The van der Waals surface area contributed by atoms with Gasteiger partial charge in [-0.05, 0) is 12.1 Å². The Bertz CT molecular complexity index is 783. The Morgan fingerprint density at radius 3 is 2.55 bits per heavy atom. The van der Waals surface area contributed by atoms with Crippen molar-refractivity contribution < 1.29 is 8.42 Å². The first kappa shape index (κ1) is 15.2. The van der Waals surface area contributed by atoms with Crippen molar-refractivity contribution in [1.82, 2.24) is 14.6 Å². The van der Waals surface area contributed by atoms with Gasteiger partial charge in [0.1, 0.15) is 5.82 Å². The fraction of sp³-hybridized carbons (Fsp3) is 0.400. The Morgan fingerprint density at radius 2 is 1.86 bits per heavy atom. The molecular formula is C15H20N4O2S. The summed E-state index contributed by atoms with van der Waals surface area (Å²) in [6.45, 7) is 2.39. The molecule has 1 fully saturated rings. The first-order valence-corrected chi connectivity index (χ1v) is 8.72. The van der Waals surface area contributed by atoms with Crippen molar-refractivity contribution in [2.75, 3.05) is 45.2 Å². The largest absolute Gasteiger partial charge is 0.362 e.